The van der Waals surface area contributed by atoms with Crippen molar-refractivity contribution in [3.8, 4) is 5.75 Å². The average Bonchev–Trinajstić information content (AvgIpc) is 3.23. The Labute approximate surface area is 173 Å². The molecule has 1 unspecified atom stereocenters. The number of rotatable bonds is 5. The molecule has 5 nitrogen and oxygen atoms in total. The number of phenols is 1. The van der Waals surface area contributed by atoms with Gasteiger partial charge in [0.05, 0.1) is 4.53 Å². The van der Waals surface area contributed by atoms with E-state index in [9.17, 15) is 9.90 Å². The molecule has 4 aromatic rings. The number of fused-ring (bicyclic) bond motifs is 1. The van der Waals surface area contributed by atoms with Crippen LogP contribution in [-0.2, 0) is 6.42 Å². The Kier molecular flexibility index (Phi) is 5.20. The number of aromatic hydroxyl groups is 1. The van der Waals surface area contributed by atoms with Gasteiger partial charge in [0.2, 0.25) is 4.96 Å². The van der Waals surface area contributed by atoms with Crippen molar-refractivity contribution in [3.63, 3.8) is 0 Å². The van der Waals surface area contributed by atoms with Crippen molar-refractivity contribution in [2.24, 2.45) is 5.92 Å². The van der Waals surface area contributed by atoms with E-state index >= 15 is 0 Å². The average molecular weight is 406 g/mol. The van der Waals surface area contributed by atoms with E-state index < -0.39 is 0 Å². The van der Waals surface area contributed by atoms with Gasteiger partial charge in [-0.1, -0.05) is 68.5 Å². The van der Waals surface area contributed by atoms with Gasteiger partial charge < -0.3 is 5.11 Å². The van der Waals surface area contributed by atoms with Gasteiger partial charge in [-0.15, -0.1) is 5.10 Å². The quantitative estimate of drug-likeness (QED) is 0.549. The minimum atomic E-state index is -0.170. The SMILES string of the molecule is CC(C)Cc1ccc(C(C)c2nc3s/c(=C\c4ccc(O)cc4)c(=O)n3n2)cc1. The molecule has 0 spiro atoms. The predicted molar refractivity (Wildman–Crippen MR) is 117 cm³/mol. The molecule has 4 rings (SSSR count). The lowest BCUT2D eigenvalue weighted by atomic mass is 9.96. The second-order valence-corrected chi connectivity index (χ2v) is 8.74. The van der Waals surface area contributed by atoms with Crippen LogP contribution in [0.3, 0.4) is 0 Å². The van der Waals surface area contributed by atoms with Gasteiger partial charge in [-0.25, -0.2) is 4.98 Å². The molecule has 2 heterocycles. The van der Waals surface area contributed by atoms with E-state index in [4.69, 9.17) is 0 Å². The lowest BCUT2D eigenvalue weighted by Gasteiger charge is -2.10. The molecular formula is C23H23N3O2S. The number of benzene rings is 2. The highest BCUT2D eigenvalue weighted by molar-refractivity contribution is 7.15. The van der Waals surface area contributed by atoms with E-state index in [2.05, 4.69) is 55.1 Å². The first-order valence-electron chi connectivity index (χ1n) is 9.70. The molecule has 0 aliphatic carbocycles. The van der Waals surface area contributed by atoms with Crippen molar-refractivity contribution in [1.29, 1.82) is 0 Å². The molecular weight excluding hydrogens is 382 g/mol. The molecule has 6 heteroatoms. The third kappa shape index (κ3) is 4.07. The van der Waals surface area contributed by atoms with Crippen LogP contribution in [0.2, 0.25) is 0 Å². The predicted octanol–water partition coefficient (Wildman–Crippen LogP) is 3.75. The Hall–Kier alpha value is -2.99. The van der Waals surface area contributed by atoms with Gasteiger partial charge in [-0.3, -0.25) is 4.79 Å². The fourth-order valence-corrected chi connectivity index (χ4v) is 4.23. The van der Waals surface area contributed by atoms with Gasteiger partial charge in [-0.2, -0.15) is 4.52 Å². The topological polar surface area (TPSA) is 67.5 Å². The summed E-state index contributed by atoms with van der Waals surface area (Å²) in [5.41, 5.74) is 3.14. The normalized spacial score (nSPS) is 13.4. The Morgan fingerprint density at radius 1 is 1.07 bits per heavy atom. The van der Waals surface area contributed by atoms with Crippen LogP contribution in [0.25, 0.3) is 11.0 Å². The van der Waals surface area contributed by atoms with Crippen LogP contribution in [0.5, 0.6) is 5.75 Å². The van der Waals surface area contributed by atoms with Crippen molar-refractivity contribution in [1.82, 2.24) is 14.6 Å². The van der Waals surface area contributed by atoms with Gasteiger partial charge in [0, 0.05) is 5.92 Å². The van der Waals surface area contributed by atoms with Gasteiger partial charge >= 0.3 is 0 Å². The van der Waals surface area contributed by atoms with Crippen LogP contribution >= 0.6 is 11.3 Å². The number of hydrogen-bond donors (Lipinski definition) is 1. The number of nitrogens with zero attached hydrogens (tertiary/aromatic N) is 3. The summed E-state index contributed by atoms with van der Waals surface area (Å²) in [7, 11) is 0. The fourth-order valence-electron chi connectivity index (χ4n) is 3.32. The van der Waals surface area contributed by atoms with Crippen LogP contribution in [0, 0.1) is 5.92 Å². The number of thiazole rings is 1. The van der Waals surface area contributed by atoms with E-state index in [-0.39, 0.29) is 17.2 Å². The van der Waals surface area contributed by atoms with E-state index in [0.29, 0.717) is 21.2 Å². The van der Waals surface area contributed by atoms with E-state index in [1.165, 1.54) is 21.4 Å². The third-order valence-electron chi connectivity index (χ3n) is 4.90. The van der Waals surface area contributed by atoms with E-state index in [1.54, 1.807) is 30.3 Å². The summed E-state index contributed by atoms with van der Waals surface area (Å²) in [6.45, 7) is 6.49. The highest BCUT2D eigenvalue weighted by atomic mass is 32.1. The number of phenolic OH excluding ortho intramolecular Hbond substituents is 1. The maximum absolute atomic E-state index is 12.7. The Morgan fingerprint density at radius 3 is 2.38 bits per heavy atom. The summed E-state index contributed by atoms with van der Waals surface area (Å²) in [5, 5.41) is 13.9. The summed E-state index contributed by atoms with van der Waals surface area (Å²) in [5.74, 6) is 1.49. The second-order valence-electron chi connectivity index (χ2n) is 7.73. The summed E-state index contributed by atoms with van der Waals surface area (Å²) in [6.07, 6.45) is 2.85. The number of hydrogen-bond acceptors (Lipinski definition) is 5. The fraction of sp³-hybridized carbons (Fsp3) is 0.261. The van der Waals surface area contributed by atoms with Crippen LogP contribution in [-0.4, -0.2) is 19.7 Å². The molecule has 1 N–H and O–H groups in total. The van der Waals surface area contributed by atoms with Crippen molar-refractivity contribution in [2.45, 2.75) is 33.1 Å². The Balaban J connectivity index is 1.63. The molecule has 1 atom stereocenters. The molecule has 0 aliphatic rings. The summed E-state index contributed by atoms with van der Waals surface area (Å²) < 4.78 is 1.96. The molecule has 0 saturated carbocycles. The van der Waals surface area contributed by atoms with Crippen molar-refractivity contribution >= 4 is 22.4 Å². The molecule has 29 heavy (non-hydrogen) atoms. The van der Waals surface area contributed by atoms with E-state index in [0.717, 1.165) is 17.5 Å². The van der Waals surface area contributed by atoms with Crippen LogP contribution in [0.15, 0.2) is 53.3 Å². The standard InChI is InChI=1S/C23H23N3O2S/c1-14(2)12-16-4-8-18(9-5-16)15(3)21-24-23-26(25-21)22(28)20(29-23)13-17-6-10-19(27)11-7-17/h4-11,13-15,27H,12H2,1-3H3/b20-13-. The third-order valence-corrected chi connectivity index (χ3v) is 5.86. The number of aromatic nitrogens is 3. The Morgan fingerprint density at radius 2 is 1.76 bits per heavy atom. The molecule has 0 amide bonds. The smallest absolute Gasteiger partial charge is 0.291 e. The minimum Gasteiger partial charge on any atom is -0.508 e. The van der Waals surface area contributed by atoms with Crippen LogP contribution in [0.1, 0.15) is 49.2 Å². The summed E-state index contributed by atoms with van der Waals surface area (Å²) in [4.78, 5) is 17.9. The van der Waals surface area contributed by atoms with Gasteiger partial charge in [-0.05, 0) is 47.2 Å². The molecule has 0 fully saturated rings. The largest absolute Gasteiger partial charge is 0.508 e. The summed E-state index contributed by atoms with van der Waals surface area (Å²) >= 11 is 1.32. The molecule has 0 bridgehead atoms. The van der Waals surface area contributed by atoms with Crippen molar-refractivity contribution < 1.29 is 5.11 Å². The Bertz CT molecular complexity index is 1240. The van der Waals surface area contributed by atoms with Gasteiger partial charge in [0.15, 0.2) is 5.82 Å². The second kappa shape index (κ2) is 7.79. The monoisotopic (exact) mass is 405 g/mol. The van der Waals surface area contributed by atoms with Gasteiger partial charge in [0.1, 0.15) is 5.75 Å². The first-order valence-corrected chi connectivity index (χ1v) is 10.5. The maximum Gasteiger partial charge on any atom is 0.291 e. The summed E-state index contributed by atoms with van der Waals surface area (Å²) in [6, 6.07) is 15.3. The molecule has 2 aromatic heterocycles. The molecule has 0 radical (unpaired) electrons. The van der Waals surface area contributed by atoms with Crippen molar-refractivity contribution in [3.05, 3.63) is 85.9 Å². The van der Waals surface area contributed by atoms with Gasteiger partial charge in [0.25, 0.3) is 5.56 Å². The van der Waals surface area contributed by atoms with Crippen LogP contribution in [0.4, 0.5) is 0 Å². The zero-order valence-corrected chi connectivity index (χ0v) is 17.5. The first kappa shape index (κ1) is 19.3. The minimum absolute atomic E-state index is 0.0131. The lowest BCUT2D eigenvalue weighted by molar-refractivity contribution is 0.475. The lowest BCUT2D eigenvalue weighted by Crippen LogP contribution is -2.24. The maximum atomic E-state index is 12.7. The molecule has 2 aromatic carbocycles. The first-order chi connectivity index (χ1) is 13.9. The van der Waals surface area contributed by atoms with Crippen LogP contribution < -0.4 is 10.1 Å². The van der Waals surface area contributed by atoms with Crippen molar-refractivity contribution in [2.75, 3.05) is 0 Å². The zero-order chi connectivity index (χ0) is 20.5. The highest BCUT2D eigenvalue weighted by Crippen LogP contribution is 2.23. The molecule has 0 aliphatic heterocycles. The highest BCUT2D eigenvalue weighted by Gasteiger charge is 2.17. The molecule has 0 saturated heterocycles. The molecule has 148 valence electrons. The van der Waals surface area contributed by atoms with E-state index in [1.807, 2.05) is 0 Å². The zero-order valence-electron chi connectivity index (χ0n) is 16.7.